The third-order valence-corrected chi connectivity index (χ3v) is 4.67. The minimum atomic E-state index is -0.533. The van der Waals surface area contributed by atoms with E-state index in [4.69, 9.17) is 0 Å². The van der Waals surface area contributed by atoms with E-state index >= 15 is 0 Å². The summed E-state index contributed by atoms with van der Waals surface area (Å²) < 4.78 is 1.82. The molecule has 2 aromatic heterocycles. The van der Waals surface area contributed by atoms with Gasteiger partial charge in [-0.05, 0) is 45.0 Å². The third-order valence-electron chi connectivity index (χ3n) is 3.57. The molecular weight excluding hydrogens is 322 g/mol. The lowest BCUT2D eigenvalue weighted by Gasteiger charge is -2.24. The number of nitrogens with one attached hydrogen (secondary N) is 2. The quantitative estimate of drug-likeness (QED) is 0.760. The van der Waals surface area contributed by atoms with Gasteiger partial charge >= 0.3 is 6.03 Å². The first-order chi connectivity index (χ1) is 11.5. The van der Waals surface area contributed by atoms with Gasteiger partial charge in [0.15, 0.2) is 0 Å². The molecule has 2 N–H and O–H groups in total. The molecule has 24 heavy (non-hydrogen) atoms. The average Bonchev–Trinajstić information content (AvgIpc) is 3.18. The highest BCUT2D eigenvalue weighted by atomic mass is 32.1. The van der Waals surface area contributed by atoms with Crippen LogP contribution in [-0.2, 0) is 5.54 Å². The van der Waals surface area contributed by atoms with Crippen LogP contribution in [-0.4, -0.2) is 20.8 Å². The van der Waals surface area contributed by atoms with E-state index in [-0.39, 0.29) is 6.03 Å². The van der Waals surface area contributed by atoms with Gasteiger partial charge in [-0.1, -0.05) is 6.07 Å². The number of thiazole rings is 1. The Kier molecular flexibility index (Phi) is 4.35. The van der Waals surface area contributed by atoms with E-state index in [0.29, 0.717) is 5.69 Å². The zero-order valence-corrected chi connectivity index (χ0v) is 14.6. The van der Waals surface area contributed by atoms with Gasteiger partial charge in [-0.25, -0.2) is 14.5 Å². The van der Waals surface area contributed by atoms with Gasteiger partial charge in [-0.2, -0.15) is 5.10 Å². The number of hydrogen-bond donors (Lipinski definition) is 2. The summed E-state index contributed by atoms with van der Waals surface area (Å²) in [5.74, 6) is 0. The van der Waals surface area contributed by atoms with Crippen molar-refractivity contribution >= 4 is 23.1 Å². The molecule has 0 unspecified atom stereocenters. The predicted molar refractivity (Wildman–Crippen MR) is 95.6 cm³/mol. The number of anilines is 1. The number of carbonyl (C=O) groups excluding carboxylic acids is 1. The first-order valence-corrected chi connectivity index (χ1v) is 8.44. The van der Waals surface area contributed by atoms with Crippen LogP contribution in [0.1, 0.15) is 24.5 Å². The lowest BCUT2D eigenvalue weighted by atomic mass is 10.1. The lowest BCUT2D eigenvalue weighted by Crippen LogP contribution is -2.43. The second kappa shape index (κ2) is 6.45. The van der Waals surface area contributed by atoms with Crippen LogP contribution in [0.15, 0.2) is 48.1 Å². The van der Waals surface area contributed by atoms with Crippen LogP contribution in [0.2, 0.25) is 0 Å². The molecule has 124 valence electrons. The molecule has 0 radical (unpaired) electrons. The number of hydrogen-bond acceptors (Lipinski definition) is 4. The number of benzene rings is 1. The van der Waals surface area contributed by atoms with Gasteiger partial charge < -0.3 is 10.6 Å². The molecule has 0 bridgehead atoms. The molecule has 0 atom stereocenters. The fourth-order valence-electron chi connectivity index (χ4n) is 2.39. The molecule has 0 aliphatic carbocycles. The van der Waals surface area contributed by atoms with Crippen LogP contribution in [0.4, 0.5) is 10.5 Å². The van der Waals surface area contributed by atoms with Crippen molar-refractivity contribution in [1.29, 1.82) is 0 Å². The van der Waals surface area contributed by atoms with E-state index in [9.17, 15) is 4.79 Å². The zero-order chi connectivity index (χ0) is 17.2. The maximum absolute atomic E-state index is 12.3. The van der Waals surface area contributed by atoms with E-state index in [0.717, 1.165) is 16.4 Å². The topological polar surface area (TPSA) is 71.8 Å². The van der Waals surface area contributed by atoms with Crippen molar-refractivity contribution in [2.45, 2.75) is 26.3 Å². The van der Waals surface area contributed by atoms with Gasteiger partial charge in [0.1, 0.15) is 5.01 Å². The number of urea groups is 1. The van der Waals surface area contributed by atoms with Crippen LogP contribution in [0.3, 0.4) is 0 Å². The van der Waals surface area contributed by atoms with E-state index < -0.39 is 5.54 Å². The van der Waals surface area contributed by atoms with Gasteiger partial charge in [0.25, 0.3) is 0 Å². The van der Waals surface area contributed by atoms with Crippen LogP contribution in [0, 0.1) is 6.92 Å². The Morgan fingerprint density at radius 3 is 2.75 bits per heavy atom. The molecule has 3 rings (SSSR count). The minimum Gasteiger partial charge on any atom is -0.326 e. The van der Waals surface area contributed by atoms with E-state index in [1.54, 1.807) is 12.4 Å². The first kappa shape index (κ1) is 16.2. The SMILES string of the molecule is Cc1ccnn1-c1cccc(NC(=O)NC(C)(C)c2nccs2)c1. The highest BCUT2D eigenvalue weighted by Crippen LogP contribution is 2.22. The monoisotopic (exact) mass is 341 g/mol. The molecular formula is C17H19N5OS. The average molecular weight is 341 g/mol. The Bertz CT molecular complexity index is 838. The molecule has 0 saturated carbocycles. The third kappa shape index (κ3) is 3.46. The highest BCUT2D eigenvalue weighted by molar-refractivity contribution is 7.09. The maximum Gasteiger partial charge on any atom is 0.319 e. The number of aryl methyl sites for hydroxylation is 1. The van der Waals surface area contributed by atoms with Crippen LogP contribution in [0.25, 0.3) is 5.69 Å². The number of amides is 2. The van der Waals surface area contributed by atoms with E-state index in [2.05, 4.69) is 20.7 Å². The number of nitrogens with zero attached hydrogens (tertiary/aromatic N) is 3. The summed E-state index contributed by atoms with van der Waals surface area (Å²) in [5, 5.41) is 12.9. The van der Waals surface area contributed by atoms with Crippen molar-refractivity contribution in [3.63, 3.8) is 0 Å². The first-order valence-electron chi connectivity index (χ1n) is 7.56. The summed E-state index contributed by atoms with van der Waals surface area (Å²) in [5.41, 5.74) is 2.10. The molecule has 2 heterocycles. The Hall–Kier alpha value is -2.67. The van der Waals surface area contributed by atoms with Crippen molar-refractivity contribution in [3.05, 3.63) is 58.8 Å². The lowest BCUT2D eigenvalue weighted by molar-refractivity contribution is 0.242. The van der Waals surface area contributed by atoms with Crippen molar-refractivity contribution in [2.24, 2.45) is 0 Å². The maximum atomic E-state index is 12.3. The summed E-state index contributed by atoms with van der Waals surface area (Å²) in [6.45, 7) is 5.83. The second-order valence-corrected chi connectivity index (χ2v) is 6.87. The molecule has 6 nitrogen and oxygen atoms in total. The Morgan fingerprint density at radius 2 is 2.08 bits per heavy atom. The molecule has 0 aliphatic heterocycles. The summed E-state index contributed by atoms with van der Waals surface area (Å²) >= 11 is 1.52. The number of aromatic nitrogens is 3. The van der Waals surface area contributed by atoms with Crippen molar-refractivity contribution < 1.29 is 4.79 Å². The molecule has 0 saturated heterocycles. The molecule has 0 fully saturated rings. The van der Waals surface area contributed by atoms with Gasteiger partial charge in [0.05, 0.1) is 11.2 Å². The Labute approximate surface area is 144 Å². The Balaban J connectivity index is 1.72. The van der Waals surface area contributed by atoms with Crippen LogP contribution in [0.5, 0.6) is 0 Å². The molecule has 3 aromatic rings. The fourth-order valence-corrected chi connectivity index (χ4v) is 3.11. The Morgan fingerprint density at radius 1 is 1.25 bits per heavy atom. The van der Waals surface area contributed by atoms with Gasteiger partial charge in [-0.15, -0.1) is 11.3 Å². The van der Waals surface area contributed by atoms with Crippen LogP contribution < -0.4 is 10.6 Å². The summed E-state index contributed by atoms with van der Waals surface area (Å²) in [6.07, 6.45) is 3.48. The molecule has 2 amide bonds. The van der Waals surface area contributed by atoms with E-state index in [1.807, 2.05) is 61.2 Å². The summed E-state index contributed by atoms with van der Waals surface area (Å²) in [6, 6.07) is 9.22. The number of rotatable bonds is 4. The molecule has 7 heteroatoms. The number of carbonyl (C=O) groups is 1. The van der Waals surface area contributed by atoms with Gasteiger partial charge in [-0.3, -0.25) is 0 Å². The summed E-state index contributed by atoms with van der Waals surface area (Å²) in [7, 11) is 0. The molecule has 1 aromatic carbocycles. The van der Waals surface area contributed by atoms with E-state index in [1.165, 1.54) is 11.3 Å². The normalized spacial score (nSPS) is 11.3. The molecule has 0 aliphatic rings. The standard InChI is InChI=1S/C17H19N5OS/c1-12-7-8-19-22(12)14-6-4-5-13(11-14)20-16(23)21-17(2,3)15-18-9-10-24-15/h4-11H,1-3H3,(H2,20,21,23). The largest absolute Gasteiger partial charge is 0.326 e. The smallest absolute Gasteiger partial charge is 0.319 e. The minimum absolute atomic E-state index is 0.274. The fraction of sp³-hybridized carbons (Fsp3) is 0.235. The highest BCUT2D eigenvalue weighted by Gasteiger charge is 2.25. The van der Waals surface area contributed by atoms with Crippen molar-refractivity contribution in [1.82, 2.24) is 20.1 Å². The zero-order valence-electron chi connectivity index (χ0n) is 13.8. The van der Waals surface area contributed by atoms with Crippen molar-refractivity contribution in [2.75, 3.05) is 5.32 Å². The summed E-state index contributed by atoms with van der Waals surface area (Å²) in [4.78, 5) is 16.6. The predicted octanol–water partition coefficient (Wildman–Crippen LogP) is 3.69. The van der Waals surface area contributed by atoms with Gasteiger partial charge in [0, 0.05) is 29.2 Å². The molecule has 0 spiro atoms. The van der Waals surface area contributed by atoms with Crippen LogP contribution >= 0.6 is 11.3 Å². The van der Waals surface area contributed by atoms with Gasteiger partial charge in [0.2, 0.25) is 0 Å². The second-order valence-electron chi connectivity index (χ2n) is 5.98. The van der Waals surface area contributed by atoms with Crippen molar-refractivity contribution in [3.8, 4) is 5.69 Å².